The van der Waals surface area contributed by atoms with Crippen molar-refractivity contribution in [3.63, 3.8) is 0 Å². The van der Waals surface area contributed by atoms with Crippen molar-refractivity contribution < 1.29 is 9.47 Å². The van der Waals surface area contributed by atoms with Crippen LogP contribution in [0.4, 0.5) is 11.4 Å². The van der Waals surface area contributed by atoms with Crippen LogP contribution in [0.25, 0.3) is 5.57 Å². The predicted octanol–water partition coefficient (Wildman–Crippen LogP) is 15.1. The van der Waals surface area contributed by atoms with Gasteiger partial charge in [0.25, 0.3) is 0 Å². The van der Waals surface area contributed by atoms with Crippen LogP contribution in [-0.2, 0) is 4.74 Å². The number of hydrogen-bond donors (Lipinski definition) is 0. The van der Waals surface area contributed by atoms with Gasteiger partial charge in [-0.15, -0.1) is 0 Å². The lowest BCUT2D eigenvalue weighted by molar-refractivity contribution is 0.0445. The number of fused-ring (bicyclic) bond motifs is 6. The molecular weight excluding hydrogens is 767 g/mol. The van der Waals surface area contributed by atoms with Crippen LogP contribution in [-0.4, -0.2) is 18.3 Å². The molecule has 7 unspecified atom stereocenters. The number of benzene rings is 3. The predicted molar refractivity (Wildman–Crippen MR) is 259 cm³/mol. The third-order valence-electron chi connectivity index (χ3n) is 15.7. The Labute approximate surface area is 374 Å². The fourth-order valence-corrected chi connectivity index (χ4v) is 12.3. The average Bonchev–Trinajstić information content (AvgIpc) is 3.94. The Hall–Kier alpha value is -5.64. The minimum atomic E-state index is 0.251. The highest BCUT2D eigenvalue weighted by atomic mass is 16.5. The number of allylic oxidation sites excluding steroid dienone is 18. The quantitative estimate of drug-likeness (QED) is 0.211. The highest BCUT2D eigenvalue weighted by molar-refractivity contribution is 5.78. The summed E-state index contributed by atoms with van der Waals surface area (Å²) in [6.07, 6.45) is 52.3. The van der Waals surface area contributed by atoms with Crippen LogP contribution >= 0.6 is 0 Å². The van der Waals surface area contributed by atoms with E-state index in [1.165, 1.54) is 80.0 Å². The fourth-order valence-electron chi connectivity index (χ4n) is 12.3. The van der Waals surface area contributed by atoms with E-state index >= 15 is 0 Å². The van der Waals surface area contributed by atoms with Crippen molar-refractivity contribution in [1.82, 2.24) is 0 Å². The number of rotatable bonds is 8. The topological polar surface area (TPSA) is 21.7 Å². The van der Waals surface area contributed by atoms with Gasteiger partial charge in [-0.05, 0) is 152 Å². The Morgan fingerprint density at radius 2 is 1.33 bits per heavy atom. The molecule has 0 aromatic heterocycles. The first kappa shape index (κ1) is 39.0. The second-order valence-electron chi connectivity index (χ2n) is 19.2. The lowest BCUT2D eigenvalue weighted by atomic mass is 9.74. The van der Waals surface area contributed by atoms with Gasteiger partial charge >= 0.3 is 0 Å². The first-order valence-corrected chi connectivity index (χ1v) is 24.2. The van der Waals surface area contributed by atoms with E-state index in [1.54, 1.807) is 0 Å². The van der Waals surface area contributed by atoms with E-state index in [9.17, 15) is 0 Å². The molecule has 3 aromatic rings. The molecule has 3 heteroatoms. The monoisotopic (exact) mass is 825 g/mol. The van der Waals surface area contributed by atoms with Gasteiger partial charge in [0.05, 0.1) is 12.2 Å². The van der Waals surface area contributed by atoms with Crippen molar-refractivity contribution in [2.75, 3.05) is 4.90 Å². The molecule has 1 saturated heterocycles. The molecule has 3 nitrogen and oxygen atoms in total. The SMILES string of the molecule is C1=CCCC(C2=CC=C(N(c3ccc(C4=CCC(c5cccc6c5OC5CCC=C[C@H]65)C=C4)cc3)c3ccc(C4C=CC(C5=CCCC6C5OC5CCC=CC56)=CC4)cc3)CC2)=C1. The molecule has 0 spiro atoms. The average molecular weight is 826 g/mol. The number of nitrogens with zero attached hydrogens (tertiary/aromatic N) is 1. The van der Waals surface area contributed by atoms with Crippen molar-refractivity contribution in [1.29, 1.82) is 0 Å². The van der Waals surface area contributed by atoms with Crippen LogP contribution in [0.3, 0.4) is 0 Å². The molecule has 12 rings (SSSR count). The second-order valence-corrected chi connectivity index (χ2v) is 19.2. The maximum Gasteiger partial charge on any atom is 0.127 e. The largest absolute Gasteiger partial charge is 0.489 e. The zero-order chi connectivity index (χ0) is 41.7. The van der Waals surface area contributed by atoms with Gasteiger partial charge < -0.3 is 14.4 Å². The minimum absolute atomic E-state index is 0.251. The molecule has 2 heterocycles. The molecule has 9 aliphatic rings. The standard InChI is InChI=1S/C60H59NO2/c1-2-10-40(11-3-1)43-28-34-48(35-29-43)61(49-36-30-44(31-37-49)41-20-24-46(25-21-41)51-14-8-16-55-53-12-4-6-18-57(53)62-59(51)55)50-38-32-45(33-39-50)42-22-26-47(27-23-42)52-15-9-17-56-54-13-5-7-19-58(54)63-60(52)56/h1-2,4-5,8,10,12-16,20-22,24,26-28,30-34,36-39,42,46,53-54,56-58,60H,3,6-7,9,11,17-19,23,25,29,35H2/t42?,46?,53-,54?,56?,57?,58?,60?/m1/s1. The molecule has 1 fully saturated rings. The van der Waals surface area contributed by atoms with Crippen LogP contribution in [0.1, 0.15) is 117 Å². The van der Waals surface area contributed by atoms with Crippen LogP contribution in [0.2, 0.25) is 0 Å². The molecular formula is C60H59NO2. The molecule has 8 atom stereocenters. The van der Waals surface area contributed by atoms with E-state index in [0.29, 0.717) is 35.7 Å². The first-order chi connectivity index (χ1) is 31.2. The minimum Gasteiger partial charge on any atom is -0.489 e. The van der Waals surface area contributed by atoms with E-state index in [4.69, 9.17) is 9.47 Å². The maximum atomic E-state index is 6.76. The van der Waals surface area contributed by atoms with Crippen molar-refractivity contribution in [2.45, 2.75) is 113 Å². The number of ether oxygens (including phenoxy) is 2. The van der Waals surface area contributed by atoms with Gasteiger partial charge in [0.1, 0.15) is 11.9 Å². The van der Waals surface area contributed by atoms with Gasteiger partial charge in [0, 0.05) is 51.9 Å². The first-order valence-electron chi connectivity index (χ1n) is 24.2. The van der Waals surface area contributed by atoms with Crippen LogP contribution in [0.15, 0.2) is 192 Å². The van der Waals surface area contributed by atoms with E-state index in [0.717, 1.165) is 70.0 Å². The molecule has 316 valence electrons. The molecule has 0 radical (unpaired) electrons. The van der Waals surface area contributed by atoms with Crippen LogP contribution in [0, 0.1) is 11.8 Å². The Morgan fingerprint density at radius 1 is 0.571 bits per heavy atom. The third-order valence-corrected chi connectivity index (χ3v) is 15.7. The molecule has 3 aromatic carbocycles. The maximum absolute atomic E-state index is 6.76. The van der Waals surface area contributed by atoms with Crippen LogP contribution < -0.4 is 9.64 Å². The van der Waals surface area contributed by atoms with Crippen molar-refractivity contribution in [2.24, 2.45) is 11.8 Å². The van der Waals surface area contributed by atoms with Gasteiger partial charge in [-0.25, -0.2) is 0 Å². The van der Waals surface area contributed by atoms with Gasteiger partial charge in [-0.3, -0.25) is 0 Å². The molecule has 0 saturated carbocycles. The van der Waals surface area contributed by atoms with E-state index < -0.39 is 0 Å². The summed E-state index contributed by atoms with van der Waals surface area (Å²) in [7, 11) is 0. The summed E-state index contributed by atoms with van der Waals surface area (Å²) in [5, 5.41) is 0. The Kier molecular flexibility index (Phi) is 10.4. The summed E-state index contributed by atoms with van der Waals surface area (Å²) >= 11 is 0. The van der Waals surface area contributed by atoms with E-state index in [2.05, 4.69) is 169 Å². The molecule has 2 aliphatic heterocycles. The summed E-state index contributed by atoms with van der Waals surface area (Å²) in [6.45, 7) is 0. The summed E-state index contributed by atoms with van der Waals surface area (Å²) in [4.78, 5) is 2.50. The Bertz CT molecular complexity index is 2620. The number of anilines is 2. The smallest absolute Gasteiger partial charge is 0.127 e. The molecule has 0 bridgehead atoms. The molecule has 7 aliphatic carbocycles. The van der Waals surface area contributed by atoms with Gasteiger partial charge in [-0.2, -0.15) is 0 Å². The van der Waals surface area contributed by atoms with Crippen molar-refractivity contribution >= 4 is 16.9 Å². The Morgan fingerprint density at radius 3 is 2.11 bits per heavy atom. The summed E-state index contributed by atoms with van der Waals surface area (Å²) in [5.74, 6) is 3.46. The van der Waals surface area contributed by atoms with Crippen molar-refractivity contribution in [3.05, 3.63) is 214 Å². The number of para-hydroxylation sites is 1. The molecule has 0 N–H and O–H groups in total. The molecule has 0 amide bonds. The summed E-state index contributed by atoms with van der Waals surface area (Å²) in [5.41, 5.74) is 16.2. The van der Waals surface area contributed by atoms with Gasteiger partial charge in [-0.1, -0.05) is 134 Å². The summed E-state index contributed by atoms with van der Waals surface area (Å²) in [6, 6.07) is 25.5. The summed E-state index contributed by atoms with van der Waals surface area (Å²) < 4.78 is 13.4. The molecule has 63 heavy (non-hydrogen) atoms. The highest BCUT2D eigenvalue weighted by Gasteiger charge is 2.46. The van der Waals surface area contributed by atoms with Gasteiger partial charge in [0.15, 0.2) is 0 Å². The van der Waals surface area contributed by atoms with Crippen LogP contribution in [0.5, 0.6) is 5.75 Å². The zero-order valence-corrected chi connectivity index (χ0v) is 36.5. The normalized spacial score (nSPS) is 30.1. The van der Waals surface area contributed by atoms with Gasteiger partial charge in [0.2, 0.25) is 0 Å². The highest BCUT2D eigenvalue weighted by Crippen LogP contribution is 2.50. The number of hydrogen-bond acceptors (Lipinski definition) is 3. The zero-order valence-electron chi connectivity index (χ0n) is 36.5. The second kappa shape index (κ2) is 16.8. The Balaban J connectivity index is 0.773. The van der Waals surface area contributed by atoms with E-state index in [1.807, 2.05) is 0 Å². The fraction of sp³-hybridized carbons (Fsp3) is 0.333. The van der Waals surface area contributed by atoms with E-state index in [-0.39, 0.29) is 12.2 Å². The third kappa shape index (κ3) is 7.37. The lowest BCUT2D eigenvalue weighted by Gasteiger charge is -2.31. The van der Waals surface area contributed by atoms with Crippen molar-refractivity contribution in [3.8, 4) is 5.75 Å². The lowest BCUT2D eigenvalue weighted by Crippen LogP contribution is -2.26.